The molecule has 2 heteroatoms. The Morgan fingerprint density at radius 2 is 1.58 bits per heavy atom. The molecule has 0 bridgehead atoms. The van der Waals surface area contributed by atoms with Crippen LogP contribution < -0.4 is 5.73 Å². The first-order valence-electron chi connectivity index (χ1n) is 4.91. The lowest BCUT2D eigenvalue weighted by Gasteiger charge is -2.30. The van der Waals surface area contributed by atoms with Crippen LogP contribution in [0.3, 0.4) is 0 Å². The van der Waals surface area contributed by atoms with E-state index in [-0.39, 0.29) is 0 Å². The Kier molecular flexibility index (Phi) is 3.47. The Morgan fingerprint density at radius 1 is 1.08 bits per heavy atom. The summed E-state index contributed by atoms with van der Waals surface area (Å²) in [4.78, 5) is 0. The molecule has 1 fully saturated rings. The van der Waals surface area contributed by atoms with Gasteiger partial charge in [0.15, 0.2) is 0 Å². The molecule has 0 spiro atoms. The zero-order chi connectivity index (χ0) is 9.19. The first-order valence-corrected chi connectivity index (χ1v) is 5.79. The average Bonchev–Trinajstić information content (AvgIpc) is 1.91. The van der Waals surface area contributed by atoms with Gasteiger partial charge in [0.25, 0.3) is 0 Å². The summed E-state index contributed by atoms with van der Waals surface area (Å²) in [6.45, 7) is 6.89. The Morgan fingerprint density at radius 3 is 2.00 bits per heavy atom. The van der Waals surface area contributed by atoms with Crippen LogP contribution in [0.1, 0.15) is 46.5 Å². The van der Waals surface area contributed by atoms with Crippen molar-refractivity contribution >= 4 is 11.8 Å². The van der Waals surface area contributed by atoms with Gasteiger partial charge in [-0.05, 0) is 25.7 Å². The third-order valence-electron chi connectivity index (χ3n) is 2.24. The first kappa shape index (κ1) is 10.4. The van der Waals surface area contributed by atoms with Crippen molar-refractivity contribution in [2.24, 2.45) is 5.73 Å². The molecule has 1 aliphatic rings. The molecule has 0 heterocycles. The maximum Gasteiger partial charge on any atom is 0.00778 e. The van der Waals surface area contributed by atoms with E-state index in [2.05, 4.69) is 32.5 Å². The molecule has 1 rings (SSSR count). The quantitative estimate of drug-likeness (QED) is 0.683. The topological polar surface area (TPSA) is 26.0 Å². The number of rotatable bonds is 1. The summed E-state index contributed by atoms with van der Waals surface area (Å²) in [6.07, 6.45) is 5.10. The highest BCUT2D eigenvalue weighted by Crippen LogP contribution is 2.35. The molecule has 1 saturated carbocycles. The minimum Gasteiger partial charge on any atom is -0.328 e. The molecular formula is C10H21NS. The van der Waals surface area contributed by atoms with Crippen LogP contribution in [-0.4, -0.2) is 16.0 Å². The molecule has 0 amide bonds. The minimum atomic E-state index is 0.423. The molecule has 0 aromatic heterocycles. The van der Waals surface area contributed by atoms with Crippen LogP contribution in [0.15, 0.2) is 0 Å². The molecular weight excluding hydrogens is 166 g/mol. The van der Waals surface area contributed by atoms with Gasteiger partial charge in [-0.1, -0.05) is 20.8 Å². The highest BCUT2D eigenvalue weighted by molar-refractivity contribution is 8.01. The smallest absolute Gasteiger partial charge is 0.00778 e. The minimum absolute atomic E-state index is 0.423. The normalized spacial score (nSPS) is 32.0. The SMILES string of the molecule is CC(C)(C)SC1CCC(N)CC1. The van der Waals surface area contributed by atoms with Crippen LogP contribution in [0.4, 0.5) is 0 Å². The van der Waals surface area contributed by atoms with Gasteiger partial charge in [0.2, 0.25) is 0 Å². The molecule has 1 nitrogen and oxygen atoms in total. The van der Waals surface area contributed by atoms with E-state index in [4.69, 9.17) is 5.73 Å². The van der Waals surface area contributed by atoms with E-state index in [0.29, 0.717) is 10.8 Å². The molecule has 1 aliphatic carbocycles. The first-order chi connectivity index (χ1) is 5.47. The fourth-order valence-corrected chi connectivity index (χ4v) is 3.21. The zero-order valence-corrected chi connectivity index (χ0v) is 9.29. The van der Waals surface area contributed by atoms with Gasteiger partial charge in [0.05, 0.1) is 0 Å². The van der Waals surface area contributed by atoms with Gasteiger partial charge in [-0.15, -0.1) is 0 Å². The fraction of sp³-hybridized carbons (Fsp3) is 1.00. The summed E-state index contributed by atoms with van der Waals surface area (Å²) >= 11 is 2.12. The van der Waals surface area contributed by atoms with E-state index < -0.39 is 0 Å². The lowest BCUT2D eigenvalue weighted by molar-refractivity contribution is 0.449. The maximum absolute atomic E-state index is 5.85. The van der Waals surface area contributed by atoms with Crippen LogP contribution >= 0.6 is 11.8 Å². The highest BCUT2D eigenvalue weighted by atomic mass is 32.2. The summed E-state index contributed by atoms with van der Waals surface area (Å²) in [6, 6.07) is 0.488. The maximum atomic E-state index is 5.85. The van der Waals surface area contributed by atoms with Gasteiger partial charge in [0.1, 0.15) is 0 Å². The van der Waals surface area contributed by atoms with Crippen LogP contribution in [0.25, 0.3) is 0 Å². The number of nitrogens with two attached hydrogens (primary N) is 1. The average molecular weight is 187 g/mol. The van der Waals surface area contributed by atoms with Gasteiger partial charge in [-0.25, -0.2) is 0 Å². The second-order valence-corrected chi connectivity index (χ2v) is 6.89. The van der Waals surface area contributed by atoms with Gasteiger partial charge in [-0.2, -0.15) is 11.8 Å². The zero-order valence-electron chi connectivity index (χ0n) is 8.47. The van der Waals surface area contributed by atoms with Gasteiger partial charge in [-0.3, -0.25) is 0 Å². The summed E-state index contributed by atoms with van der Waals surface area (Å²) in [7, 11) is 0. The molecule has 72 valence electrons. The van der Waals surface area contributed by atoms with Crippen molar-refractivity contribution in [2.45, 2.75) is 62.5 Å². The summed E-state index contributed by atoms with van der Waals surface area (Å²) < 4.78 is 0.423. The van der Waals surface area contributed by atoms with Crippen molar-refractivity contribution in [1.29, 1.82) is 0 Å². The number of hydrogen-bond acceptors (Lipinski definition) is 2. The molecule has 0 aliphatic heterocycles. The molecule has 0 aromatic carbocycles. The molecule has 0 atom stereocenters. The molecule has 0 unspecified atom stereocenters. The van der Waals surface area contributed by atoms with Crippen molar-refractivity contribution in [3.8, 4) is 0 Å². The predicted molar refractivity (Wildman–Crippen MR) is 57.6 cm³/mol. The van der Waals surface area contributed by atoms with Crippen LogP contribution in [0.2, 0.25) is 0 Å². The van der Waals surface area contributed by atoms with E-state index >= 15 is 0 Å². The van der Waals surface area contributed by atoms with E-state index in [1.54, 1.807) is 0 Å². The van der Waals surface area contributed by atoms with E-state index in [1.165, 1.54) is 25.7 Å². The lowest BCUT2D eigenvalue weighted by Crippen LogP contribution is -2.29. The van der Waals surface area contributed by atoms with Crippen LogP contribution in [0, 0.1) is 0 Å². The second kappa shape index (κ2) is 4.01. The third-order valence-corrected chi connectivity index (χ3v) is 3.75. The van der Waals surface area contributed by atoms with Crippen molar-refractivity contribution in [3.63, 3.8) is 0 Å². The van der Waals surface area contributed by atoms with Crippen LogP contribution in [-0.2, 0) is 0 Å². The molecule has 2 N–H and O–H groups in total. The van der Waals surface area contributed by atoms with Gasteiger partial charge >= 0.3 is 0 Å². The Labute approximate surface area is 80.5 Å². The largest absolute Gasteiger partial charge is 0.328 e. The summed E-state index contributed by atoms with van der Waals surface area (Å²) in [5.41, 5.74) is 5.85. The fourth-order valence-electron chi connectivity index (χ4n) is 1.71. The molecule has 12 heavy (non-hydrogen) atoms. The van der Waals surface area contributed by atoms with Crippen molar-refractivity contribution in [3.05, 3.63) is 0 Å². The van der Waals surface area contributed by atoms with Gasteiger partial charge < -0.3 is 5.73 Å². The highest BCUT2D eigenvalue weighted by Gasteiger charge is 2.23. The lowest BCUT2D eigenvalue weighted by atomic mass is 9.96. The second-order valence-electron chi connectivity index (χ2n) is 4.77. The van der Waals surface area contributed by atoms with E-state index in [0.717, 1.165) is 5.25 Å². The summed E-state index contributed by atoms with van der Waals surface area (Å²) in [5.74, 6) is 0. The van der Waals surface area contributed by atoms with Gasteiger partial charge in [0, 0.05) is 16.0 Å². The Hall–Kier alpha value is 0.310. The Bertz CT molecular complexity index is 131. The predicted octanol–water partition coefficient (Wildman–Crippen LogP) is 2.79. The van der Waals surface area contributed by atoms with E-state index in [9.17, 15) is 0 Å². The monoisotopic (exact) mass is 187 g/mol. The molecule has 0 saturated heterocycles. The standard InChI is InChI=1S/C10H21NS/c1-10(2,3)12-9-6-4-8(11)5-7-9/h8-9H,4-7,11H2,1-3H3. The molecule has 0 radical (unpaired) electrons. The molecule has 0 aromatic rings. The summed E-state index contributed by atoms with van der Waals surface area (Å²) in [5, 5.41) is 0.866. The Balaban J connectivity index is 2.26. The van der Waals surface area contributed by atoms with Crippen molar-refractivity contribution < 1.29 is 0 Å². The van der Waals surface area contributed by atoms with Crippen molar-refractivity contribution in [1.82, 2.24) is 0 Å². The third kappa shape index (κ3) is 3.81. The number of hydrogen-bond donors (Lipinski definition) is 1. The van der Waals surface area contributed by atoms with Crippen LogP contribution in [0.5, 0.6) is 0 Å². The number of thioether (sulfide) groups is 1. The van der Waals surface area contributed by atoms with Crippen molar-refractivity contribution in [2.75, 3.05) is 0 Å². The van der Waals surface area contributed by atoms with E-state index in [1.807, 2.05) is 0 Å².